The minimum atomic E-state index is -0.309. The fraction of sp³-hybridized carbons (Fsp3) is 0.200. The number of halogens is 1. The van der Waals surface area contributed by atoms with E-state index in [-0.39, 0.29) is 22.4 Å². The van der Waals surface area contributed by atoms with Crippen LogP contribution in [0, 0.1) is 6.92 Å². The summed E-state index contributed by atoms with van der Waals surface area (Å²) in [5, 5.41) is 9.74. The number of rotatable bonds is 3. The van der Waals surface area contributed by atoms with E-state index in [1.807, 2.05) is 13.8 Å². The number of aromatic nitrogens is 1. The zero-order valence-corrected chi connectivity index (χ0v) is 12.6. The van der Waals surface area contributed by atoms with E-state index in [0.29, 0.717) is 17.9 Å². The molecule has 0 atom stereocenters. The van der Waals surface area contributed by atoms with Gasteiger partial charge in [0.25, 0.3) is 5.91 Å². The van der Waals surface area contributed by atoms with Gasteiger partial charge >= 0.3 is 0 Å². The molecule has 5 nitrogen and oxygen atoms in total. The maximum Gasteiger partial charge on any atom is 0.261 e. The van der Waals surface area contributed by atoms with Crippen molar-refractivity contribution in [2.24, 2.45) is 0 Å². The third-order valence-electron chi connectivity index (χ3n) is 3.14. The van der Waals surface area contributed by atoms with Crippen LogP contribution in [0.15, 0.2) is 30.5 Å². The zero-order valence-electron chi connectivity index (χ0n) is 11.8. The second kappa shape index (κ2) is 6.01. The summed E-state index contributed by atoms with van der Waals surface area (Å²) in [6, 6.07) is 6.37. The van der Waals surface area contributed by atoms with Crippen LogP contribution in [0.25, 0.3) is 0 Å². The molecule has 3 N–H and O–H groups in total. The average Bonchev–Trinajstić information content (AvgIpc) is 2.46. The van der Waals surface area contributed by atoms with E-state index < -0.39 is 0 Å². The Balaban J connectivity index is 2.48. The van der Waals surface area contributed by atoms with E-state index in [1.165, 1.54) is 17.2 Å². The molecule has 0 aliphatic rings. The first-order valence-electron chi connectivity index (χ1n) is 6.46. The van der Waals surface area contributed by atoms with Gasteiger partial charge in [-0.25, -0.2) is 4.98 Å². The Morgan fingerprint density at radius 2 is 2.14 bits per heavy atom. The number of hydrogen-bond acceptors (Lipinski definition) is 4. The Morgan fingerprint density at radius 1 is 1.43 bits per heavy atom. The number of carbonyl (C=O) groups excluding carboxylic acids is 1. The second-order valence-electron chi connectivity index (χ2n) is 4.63. The first-order valence-corrected chi connectivity index (χ1v) is 6.84. The first-order chi connectivity index (χ1) is 9.93. The van der Waals surface area contributed by atoms with Gasteiger partial charge in [-0.2, -0.15) is 0 Å². The molecule has 0 bridgehead atoms. The summed E-state index contributed by atoms with van der Waals surface area (Å²) in [6.07, 6.45) is 1.40. The lowest BCUT2D eigenvalue weighted by atomic mass is 10.1. The normalized spacial score (nSPS) is 10.4. The standard InChI is InChI=1S/C15H16ClN3O2/c1-3-19(13-7-11(20)5-4-9(13)2)15(21)12-6-10(17)8-18-14(12)16/h4-8,20H,3,17H2,1-2H3. The number of aromatic hydroxyl groups is 1. The van der Waals surface area contributed by atoms with Gasteiger partial charge in [0.1, 0.15) is 10.9 Å². The number of nitrogen functional groups attached to an aromatic ring is 1. The molecular formula is C15H16ClN3O2. The fourth-order valence-electron chi connectivity index (χ4n) is 2.07. The molecule has 0 radical (unpaired) electrons. The molecule has 0 spiro atoms. The van der Waals surface area contributed by atoms with Crippen molar-refractivity contribution in [3.05, 3.63) is 46.7 Å². The number of nitrogens with zero attached hydrogens (tertiary/aromatic N) is 2. The van der Waals surface area contributed by atoms with E-state index in [1.54, 1.807) is 18.2 Å². The molecule has 2 aromatic rings. The van der Waals surface area contributed by atoms with Crippen molar-refractivity contribution in [2.45, 2.75) is 13.8 Å². The maximum atomic E-state index is 12.7. The van der Waals surface area contributed by atoms with Gasteiger partial charge in [0.15, 0.2) is 0 Å². The van der Waals surface area contributed by atoms with Gasteiger partial charge in [-0.1, -0.05) is 17.7 Å². The van der Waals surface area contributed by atoms with E-state index in [9.17, 15) is 9.90 Å². The minimum Gasteiger partial charge on any atom is -0.508 e. The Morgan fingerprint density at radius 3 is 2.81 bits per heavy atom. The van der Waals surface area contributed by atoms with Gasteiger partial charge in [-0.15, -0.1) is 0 Å². The molecule has 6 heteroatoms. The van der Waals surface area contributed by atoms with Crippen molar-refractivity contribution < 1.29 is 9.90 Å². The SMILES string of the molecule is CCN(C(=O)c1cc(N)cnc1Cl)c1cc(O)ccc1C. The monoisotopic (exact) mass is 305 g/mol. The van der Waals surface area contributed by atoms with Crippen molar-refractivity contribution in [1.82, 2.24) is 4.98 Å². The lowest BCUT2D eigenvalue weighted by Crippen LogP contribution is -2.31. The Labute approximate surface area is 128 Å². The lowest BCUT2D eigenvalue weighted by Gasteiger charge is -2.23. The van der Waals surface area contributed by atoms with Crippen LogP contribution in [0.1, 0.15) is 22.8 Å². The van der Waals surface area contributed by atoms with Crippen molar-refractivity contribution >= 4 is 28.9 Å². The highest BCUT2D eigenvalue weighted by Gasteiger charge is 2.21. The van der Waals surface area contributed by atoms with Gasteiger partial charge in [-0.05, 0) is 31.5 Å². The summed E-state index contributed by atoms with van der Waals surface area (Å²) in [6.45, 7) is 4.13. The molecule has 1 amide bonds. The molecule has 0 saturated heterocycles. The molecule has 1 aromatic heterocycles. The lowest BCUT2D eigenvalue weighted by molar-refractivity contribution is 0.0988. The number of phenols is 1. The third-order valence-corrected chi connectivity index (χ3v) is 3.44. The van der Waals surface area contributed by atoms with Crippen molar-refractivity contribution in [1.29, 1.82) is 0 Å². The highest BCUT2D eigenvalue weighted by Crippen LogP contribution is 2.27. The summed E-state index contributed by atoms with van der Waals surface area (Å²) < 4.78 is 0. The molecule has 110 valence electrons. The highest BCUT2D eigenvalue weighted by atomic mass is 35.5. The number of carbonyl (C=O) groups is 1. The van der Waals surface area contributed by atoms with Crippen molar-refractivity contribution in [3.8, 4) is 5.75 Å². The Kier molecular flexibility index (Phi) is 4.33. The van der Waals surface area contributed by atoms with E-state index >= 15 is 0 Å². The number of phenolic OH excluding ortho intramolecular Hbond substituents is 1. The number of aryl methyl sites for hydroxylation is 1. The van der Waals surface area contributed by atoms with Crippen molar-refractivity contribution in [2.75, 3.05) is 17.2 Å². The van der Waals surface area contributed by atoms with Crippen LogP contribution in [0.2, 0.25) is 5.15 Å². The molecule has 21 heavy (non-hydrogen) atoms. The Bertz CT molecular complexity index is 689. The number of hydrogen-bond donors (Lipinski definition) is 2. The molecule has 0 aliphatic carbocycles. The predicted octanol–water partition coefficient (Wildman–Crippen LogP) is 3.00. The number of pyridine rings is 1. The molecule has 1 aromatic carbocycles. The number of benzene rings is 1. The van der Waals surface area contributed by atoms with Gasteiger partial charge in [0.05, 0.1) is 23.1 Å². The zero-order chi connectivity index (χ0) is 15.6. The largest absolute Gasteiger partial charge is 0.508 e. The summed E-state index contributed by atoms with van der Waals surface area (Å²) in [4.78, 5) is 18.1. The molecule has 0 saturated carbocycles. The number of nitrogens with two attached hydrogens (primary N) is 1. The minimum absolute atomic E-state index is 0.0960. The number of anilines is 2. The molecule has 0 unspecified atom stereocenters. The summed E-state index contributed by atoms with van der Waals surface area (Å²) >= 11 is 5.99. The smallest absolute Gasteiger partial charge is 0.261 e. The summed E-state index contributed by atoms with van der Waals surface area (Å²) in [5.74, 6) is -0.213. The van der Waals surface area contributed by atoms with E-state index in [0.717, 1.165) is 5.56 Å². The fourth-order valence-corrected chi connectivity index (χ4v) is 2.26. The summed E-state index contributed by atoms with van der Waals surface area (Å²) in [5.41, 5.74) is 7.77. The van der Waals surface area contributed by atoms with Gasteiger partial charge in [0, 0.05) is 12.6 Å². The van der Waals surface area contributed by atoms with Crippen LogP contribution in [0.3, 0.4) is 0 Å². The predicted molar refractivity (Wildman–Crippen MR) is 83.9 cm³/mol. The van der Waals surface area contributed by atoms with Crippen LogP contribution >= 0.6 is 11.6 Å². The van der Waals surface area contributed by atoms with Gasteiger partial charge < -0.3 is 15.7 Å². The second-order valence-corrected chi connectivity index (χ2v) is 4.99. The first kappa shape index (κ1) is 15.1. The van der Waals surface area contributed by atoms with Crippen LogP contribution in [0.4, 0.5) is 11.4 Å². The van der Waals surface area contributed by atoms with Crippen LogP contribution < -0.4 is 10.6 Å². The van der Waals surface area contributed by atoms with Crippen LogP contribution in [0.5, 0.6) is 5.75 Å². The third kappa shape index (κ3) is 3.08. The number of amides is 1. The molecule has 1 heterocycles. The van der Waals surface area contributed by atoms with Gasteiger partial charge in [0.2, 0.25) is 0 Å². The maximum absolute atomic E-state index is 12.7. The van der Waals surface area contributed by atoms with E-state index in [4.69, 9.17) is 17.3 Å². The summed E-state index contributed by atoms with van der Waals surface area (Å²) in [7, 11) is 0. The molecule has 2 rings (SSSR count). The topological polar surface area (TPSA) is 79.5 Å². The molecule has 0 aliphatic heterocycles. The Hall–Kier alpha value is -2.27. The van der Waals surface area contributed by atoms with E-state index in [2.05, 4.69) is 4.98 Å². The quantitative estimate of drug-likeness (QED) is 0.854. The molecule has 0 fully saturated rings. The molecular weight excluding hydrogens is 290 g/mol. The van der Waals surface area contributed by atoms with Crippen LogP contribution in [-0.4, -0.2) is 22.5 Å². The van der Waals surface area contributed by atoms with Gasteiger partial charge in [-0.3, -0.25) is 4.79 Å². The van der Waals surface area contributed by atoms with Crippen molar-refractivity contribution in [3.63, 3.8) is 0 Å². The average molecular weight is 306 g/mol. The highest BCUT2D eigenvalue weighted by molar-refractivity contribution is 6.33. The van der Waals surface area contributed by atoms with Crippen LogP contribution in [-0.2, 0) is 0 Å².